The second-order valence-corrected chi connectivity index (χ2v) is 4.98. The molecule has 78 valence electrons. The van der Waals surface area contributed by atoms with Gasteiger partial charge in [-0.2, -0.15) is 0 Å². The second kappa shape index (κ2) is 6.37. The Kier molecular flexibility index (Phi) is 5.44. The van der Waals surface area contributed by atoms with Crippen LogP contribution in [0, 0.1) is 0 Å². The third-order valence-corrected chi connectivity index (χ3v) is 2.49. The highest BCUT2D eigenvalue weighted by atomic mass is 127. The highest BCUT2D eigenvalue weighted by Crippen LogP contribution is 2.26. The molecule has 0 aliphatic rings. The van der Waals surface area contributed by atoms with Crippen LogP contribution in [0.2, 0.25) is 0 Å². The normalized spacial score (nSPS) is 15.1. The van der Waals surface area contributed by atoms with Crippen molar-refractivity contribution in [1.29, 1.82) is 0 Å². The van der Waals surface area contributed by atoms with Crippen molar-refractivity contribution in [3.63, 3.8) is 0 Å². The van der Waals surface area contributed by atoms with Crippen LogP contribution in [0.5, 0.6) is 0 Å². The van der Waals surface area contributed by atoms with E-state index in [1.54, 1.807) is 0 Å². The average molecular weight is 306 g/mol. The molecule has 0 amide bonds. The van der Waals surface area contributed by atoms with Crippen LogP contribution in [-0.2, 0) is 9.78 Å². The first-order valence-electron chi connectivity index (χ1n) is 4.73. The summed E-state index contributed by atoms with van der Waals surface area (Å²) < 4.78 is 0.376. The van der Waals surface area contributed by atoms with Crippen LogP contribution in [0.4, 0.5) is 0 Å². The number of rotatable bonds is 5. The molecule has 0 aliphatic heterocycles. The lowest BCUT2D eigenvalue weighted by Gasteiger charge is -2.18. The van der Waals surface area contributed by atoms with Gasteiger partial charge in [-0.3, -0.25) is 0 Å². The first-order chi connectivity index (χ1) is 6.75. The van der Waals surface area contributed by atoms with Crippen LogP contribution >= 0.6 is 22.6 Å². The molecule has 0 aromatic heterocycles. The molecule has 1 aromatic carbocycles. The van der Waals surface area contributed by atoms with Crippen molar-refractivity contribution >= 4 is 22.6 Å². The van der Waals surface area contributed by atoms with Crippen LogP contribution in [-0.4, -0.2) is 10.5 Å². The van der Waals surface area contributed by atoms with Crippen LogP contribution in [0.25, 0.3) is 0 Å². The van der Waals surface area contributed by atoms with Crippen molar-refractivity contribution < 1.29 is 9.78 Å². The van der Waals surface area contributed by atoms with Gasteiger partial charge in [0.2, 0.25) is 0 Å². The Morgan fingerprint density at radius 1 is 1.29 bits per heavy atom. The maximum atomic E-state index is 5.33. The summed E-state index contributed by atoms with van der Waals surface area (Å²) >= 11 is 2.34. The lowest BCUT2D eigenvalue weighted by atomic mass is 10.1. The van der Waals surface area contributed by atoms with Crippen molar-refractivity contribution in [2.24, 2.45) is 0 Å². The zero-order chi connectivity index (χ0) is 10.4. The number of alkyl halides is 1. The van der Waals surface area contributed by atoms with Gasteiger partial charge in [0.1, 0.15) is 6.10 Å². The molecule has 1 aromatic rings. The predicted octanol–water partition coefficient (Wildman–Crippen LogP) is 3.52. The Morgan fingerprint density at radius 2 is 1.93 bits per heavy atom. The van der Waals surface area contributed by atoms with E-state index in [0.717, 1.165) is 5.56 Å². The molecule has 0 aliphatic carbocycles. The third-order valence-electron chi connectivity index (χ3n) is 1.83. The van der Waals surface area contributed by atoms with E-state index < -0.39 is 0 Å². The summed E-state index contributed by atoms with van der Waals surface area (Å²) in [6.45, 7) is 4.60. The summed E-state index contributed by atoms with van der Waals surface area (Å²) in [7, 11) is 0. The molecule has 2 nitrogen and oxygen atoms in total. The minimum atomic E-state index is 0.0109. The van der Waals surface area contributed by atoms with Gasteiger partial charge in [-0.05, 0) is 12.5 Å². The lowest BCUT2D eigenvalue weighted by molar-refractivity contribution is -0.322. The van der Waals surface area contributed by atoms with Crippen LogP contribution in [0.15, 0.2) is 30.3 Å². The van der Waals surface area contributed by atoms with Gasteiger partial charge in [0.25, 0.3) is 0 Å². The fourth-order valence-electron chi connectivity index (χ4n) is 1.18. The molecule has 0 saturated heterocycles. The topological polar surface area (TPSA) is 18.5 Å². The number of benzene rings is 1. The van der Waals surface area contributed by atoms with E-state index in [-0.39, 0.29) is 6.10 Å². The second-order valence-electron chi connectivity index (χ2n) is 3.01. The van der Waals surface area contributed by atoms with Gasteiger partial charge < -0.3 is 0 Å². The molecule has 2 unspecified atom stereocenters. The van der Waals surface area contributed by atoms with Gasteiger partial charge in [0, 0.05) is 3.92 Å². The fourth-order valence-corrected chi connectivity index (χ4v) is 1.72. The first-order valence-corrected chi connectivity index (χ1v) is 5.97. The van der Waals surface area contributed by atoms with E-state index in [1.165, 1.54) is 0 Å². The van der Waals surface area contributed by atoms with Gasteiger partial charge in [-0.15, -0.1) is 0 Å². The molecule has 2 atom stereocenters. The summed E-state index contributed by atoms with van der Waals surface area (Å²) in [6, 6.07) is 10.1. The summed E-state index contributed by atoms with van der Waals surface area (Å²) in [5, 5.41) is 0. The van der Waals surface area contributed by atoms with Crippen molar-refractivity contribution in [2.45, 2.75) is 23.9 Å². The monoisotopic (exact) mass is 306 g/mol. The van der Waals surface area contributed by atoms with Crippen LogP contribution in [0.3, 0.4) is 0 Å². The fraction of sp³-hybridized carbons (Fsp3) is 0.455. The van der Waals surface area contributed by atoms with E-state index in [0.29, 0.717) is 10.5 Å². The van der Waals surface area contributed by atoms with Crippen molar-refractivity contribution in [3.05, 3.63) is 35.9 Å². The quantitative estimate of drug-likeness (QED) is 0.359. The van der Waals surface area contributed by atoms with E-state index in [4.69, 9.17) is 9.78 Å². The molecular weight excluding hydrogens is 291 g/mol. The maximum Gasteiger partial charge on any atom is 0.129 e. The minimum Gasteiger partial charge on any atom is -0.236 e. The molecule has 0 radical (unpaired) electrons. The molecule has 0 fully saturated rings. The molecule has 0 heterocycles. The van der Waals surface area contributed by atoms with Gasteiger partial charge >= 0.3 is 0 Å². The van der Waals surface area contributed by atoms with E-state index in [9.17, 15) is 0 Å². The largest absolute Gasteiger partial charge is 0.236 e. The smallest absolute Gasteiger partial charge is 0.129 e. The zero-order valence-corrected chi connectivity index (χ0v) is 10.6. The molecule has 3 heteroatoms. The van der Waals surface area contributed by atoms with Crippen molar-refractivity contribution in [2.75, 3.05) is 6.61 Å². The van der Waals surface area contributed by atoms with Gasteiger partial charge in [0.15, 0.2) is 0 Å². The summed E-state index contributed by atoms with van der Waals surface area (Å²) in [6.07, 6.45) is 0.0109. The summed E-state index contributed by atoms with van der Waals surface area (Å²) in [4.78, 5) is 10.3. The highest BCUT2D eigenvalue weighted by molar-refractivity contribution is 14.1. The number of halogens is 1. The Balaban J connectivity index is 2.68. The van der Waals surface area contributed by atoms with E-state index in [2.05, 4.69) is 41.6 Å². The maximum absolute atomic E-state index is 5.33. The summed E-state index contributed by atoms with van der Waals surface area (Å²) in [5.41, 5.74) is 1.16. The Hall–Kier alpha value is -0.130. The van der Waals surface area contributed by atoms with Crippen molar-refractivity contribution in [1.82, 2.24) is 0 Å². The zero-order valence-electron chi connectivity index (χ0n) is 8.44. The number of hydrogen-bond acceptors (Lipinski definition) is 2. The van der Waals surface area contributed by atoms with Gasteiger partial charge in [-0.1, -0.05) is 59.8 Å². The van der Waals surface area contributed by atoms with Gasteiger partial charge in [-0.25, -0.2) is 9.78 Å². The molecule has 0 bridgehead atoms. The van der Waals surface area contributed by atoms with E-state index >= 15 is 0 Å². The lowest BCUT2D eigenvalue weighted by Crippen LogP contribution is -2.13. The van der Waals surface area contributed by atoms with Crippen LogP contribution in [0.1, 0.15) is 25.5 Å². The SMILES string of the molecule is CCOOC(c1ccccc1)C(C)I. The molecule has 1 rings (SSSR count). The average Bonchev–Trinajstić information content (AvgIpc) is 2.19. The number of hydrogen-bond donors (Lipinski definition) is 0. The minimum absolute atomic E-state index is 0.0109. The van der Waals surface area contributed by atoms with Crippen LogP contribution < -0.4 is 0 Å². The molecule has 0 saturated carbocycles. The van der Waals surface area contributed by atoms with Crippen molar-refractivity contribution in [3.8, 4) is 0 Å². The molecule has 0 N–H and O–H groups in total. The predicted molar refractivity (Wildman–Crippen MR) is 65.4 cm³/mol. The standard InChI is InChI=1S/C11H15IO2/c1-3-13-14-11(9(2)12)10-7-5-4-6-8-10/h4-9,11H,3H2,1-2H3. The van der Waals surface area contributed by atoms with Gasteiger partial charge in [0.05, 0.1) is 6.61 Å². The molecular formula is C11H15IO2. The third kappa shape index (κ3) is 3.55. The highest BCUT2D eigenvalue weighted by Gasteiger charge is 2.18. The summed E-state index contributed by atoms with van der Waals surface area (Å²) in [5.74, 6) is 0. The Bertz CT molecular complexity index is 249. The Morgan fingerprint density at radius 3 is 2.43 bits per heavy atom. The first kappa shape index (κ1) is 11.9. The Labute approximate surface area is 98.7 Å². The molecule has 0 spiro atoms. The van der Waals surface area contributed by atoms with E-state index in [1.807, 2.05) is 25.1 Å². The molecule has 14 heavy (non-hydrogen) atoms.